The fourth-order valence-corrected chi connectivity index (χ4v) is 3.69. The zero-order valence-electron chi connectivity index (χ0n) is 18.6. The third-order valence-electron chi connectivity index (χ3n) is 5.07. The van der Waals surface area contributed by atoms with Gasteiger partial charge in [0, 0.05) is 9.79 Å². The number of rotatable bonds is 8. The average molecular weight is 503 g/mol. The van der Waals surface area contributed by atoms with Crippen LogP contribution in [0.1, 0.15) is 31.8 Å². The van der Waals surface area contributed by atoms with Gasteiger partial charge in [0.1, 0.15) is 24.7 Å². The molecule has 5 nitrogen and oxygen atoms in total. The summed E-state index contributed by atoms with van der Waals surface area (Å²) in [6.07, 6.45) is 0. The Balaban J connectivity index is 1.27. The predicted molar refractivity (Wildman–Crippen MR) is 139 cm³/mol. The maximum Gasteiger partial charge on any atom is 0.339 e. The van der Waals surface area contributed by atoms with Gasteiger partial charge in [0.25, 0.3) is 0 Å². The maximum atomic E-state index is 12.2. The summed E-state index contributed by atoms with van der Waals surface area (Å²) < 4.78 is 16.6. The Kier molecular flexibility index (Phi) is 8.13. The lowest BCUT2D eigenvalue weighted by molar-refractivity contribution is 0.0460. The first-order valence-corrected chi connectivity index (χ1v) is 11.6. The Hall–Kier alpha value is -3.68. The van der Waals surface area contributed by atoms with E-state index in [2.05, 4.69) is 25.3 Å². The first-order chi connectivity index (χ1) is 17.0. The molecule has 0 atom stereocenters. The highest BCUT2D eigenvalue weighted by atomic mass is 32.1. The topological polar surface area (TPSA) is 61.8 Å². The Morgan fingerprint density at radius 2 is 0.914 bits per heavy atom. The van der Waals surface area contributed by atoms with E-state index in [1.165, 1.54) is 0 Å². The second-order valence-electron chi connectivity index (χ2n) is 7.58. The monoisotopic (exact) mass is 502 g/mol. The number of carbonyl (C=O) groups is 2. The largest absolute Gasteiger partial charge is 0.457 e. The number of thiol groups is 2. The van der Waals surface area contributed by atoms with E-state index in [1.807, 2.05) is 36.4 Å². The highest BCUT2D eigenvalue weighted by Crippen LogP contribution is 2.23. The van der Waals surface area contributed by atoms with Crippen LogP contribution in [0, 0.1) is 0 Å². The fourth-order valence-electron chi connectivity index (χ4n) is 3.19. The molecule has 176 valence electrons. The van der Waals surface area contributed by atoms with Crippen LogP contribution in [0.2, 0.25) is 0 Å². The minimum atomic E-state index is -0.420. The molecule has 0 fully saturated rings. The van der Waals surface area contributed by atoms with Gasteiger partial charge in [0.15, 0.2) is 0 Å². The molecule has 4 aromatic rings. The lowest BCUT2D eigenvalue weighted by Gasteiger charge is -2.10. The molecule has 0 unspecified atom stereocenters. The van der Waals surface area contributed by atoms with Crippen molar-refractivity contribution in [3.8, 4) is 11.5 Å². The third-order valence-corrected chi connectivity index (χ3v) is 5.85. The molecule has 0 aliphatic carbocycles. The van der Waals surface area contributed by atoms with Crippen LogP contribution in [-0.4, -0.2) is 11.9 Å². The van der Waals surface area contributed by atoms with Gasteiger partial charge < -0.3 is 14.2 Å². The summed E-state index contributed by atoms with van der Waals surface area (Å²) in [5, 5.41) is 0. The minimum Gasteiger partial charge on any atom is -0.457 e. The number of ether oxygens (including phenoxy) is 3. The SMILES string of the molecule is O=C(OCc1ccc(Oc2ccc(COC(=O)c3ccccc3S)cc2)cc1)c1ccccc1S. The molecule has 0 spiro atoms. The summed E-state index contributed by atoms with van der Waals surface area (Å²) in [6, 6.07) is 28.6. The van der Waals surface area contributed by atoms with Crippen molar-refractivity contribution in [1.82, 2.24) is 0 Å². The summed E-state index contributed by atoms with van der Waals surface area (Å²) in [7, 11) is 0. The van der Waals surface area contributed by atoms with E-state index in [1.54, 1.807) is 60.7 Å². The molecule has 0 saturated heterocycles. The number of hydrogen-bond donors (Lipinski definition) is 2. The van der Waals surface area contributed by atoms with Crippen molar-refractivity contribution in [1.29, 1.82) is 0 Å². The normalized spacial score (nSPS) is 10.5. The minimum absolute atomic E-state index is 0.145. The molecule has 0 heterocycles. The summed E-state index contributed by atoms with van der Waals surface area (Å²) >= 11 is 8.56. The Labute approximate surface area is 214 Å². The summed E-state index contributed by atoms with van der Waals surface area (Å²) in [5.41, 5.74) is 2.53. The van der Waals surface area contributed by atoms with Gasteiger partial charge in [-0.25, -0.2) is 9.59 Å². The number of esters is 2. The van der Waals surface area contributed by atoms with Gasteiger partial charge in [-0.15, -0.1) is 25.3 Å². The van der Waals surface area contributed by atoms with Crippen LogP contribution in [0.4, 0.5) is 0 Å². The predicted octanol–water partition coefficient (Wildman–Crippen LogP) is 6.77. The number of benzene rings is 4. The van der Waals surface area contributed by atoms with Gasteiger partial charge in [-0.1, -0.05) is 48.5 Å². The Bertz CT molecular complexity index is 1220. The Morgan fingerprint density at radius 1 is 0.543 bits per heavy atom. The molecular weight excluding hydrogens is 480 g/mol. The molecule has 0 amide bonds. The quantitative estimate of drug-likeness (QED) is 0.206. The van der Waals surface area contributed by atoms with E-state index in [0.717, 1.165) is 11.1 Å². The van der Waals surface area contributed by atoms with Gasteiger partial charge in [-0.05, 0) is 59.7 Å². The van der Waals surface area contributed by atoms with Crippen molar-refractivity contribution in [2.75, 3.05) is 0 Å². The van der Waals surface area contributed by atoms with E-state index in [4.69, 9.17) is 14.2 Å². The third kappa shape index (κ3) is 6.68. The van der Waals surface area contributed by atoms with Crippen LogP contribution in [0.5, 0.6) is 11.5 Å². The lowest BCUT2D eigenvalue weighted by atomic mass is 10.2. The highest BCUT2D eigenvalue weighted by Gasteiger charge is 2.11. The van der Waals surface area contributed by atoms with Crippen molar-refractivity contribution < 1.29 is 23.8 Å². The van der Waals surface area contributed by atoms with Crippen molar-refractivity contribution in [2.24, 2.45) is 0 Å². The molecule has 0 radical (unpaired) electrons. The van der Waals surface area contributed by atoms with Crippen LogP contribution < -0.4 is 4.74 Å². The molecular formula is C28H22O5S2. The van der Waals surface area contributed by atoms with E-state index in [9.17, 15) is 9.59 Å². The van der Waals surface area contributed by atoms with Crippen LogP contribution >= 0.6 is 25.3 Å². The van der Waals surface area contributed by atoms with Crippen molar-refractivity contribution >= 4 is 37.2 Å². The smallest absolute Gasteiger partial charge is 0.339 e. The summed E-state index contributed by atoms with van der Waals surface area (Å²) in [4.78, 5) is 25.6. The molecule has 7 heteroatoms. The summed E-state index contributed by atoms with van der Waals surface area (Å²) in [5.74, 6) is 0.448. The maximum absolute atomic E-state index is 12.2. The number of carbonyl (C=O) groups excluding carboxylic acids is 2. The Morgan fingerprint density at radius 3 is 1.29 bits per heavy atom. The van der Waals surface area contributed by atoms with Gasteiger partial charge in [-0.2, -0.15) is 0 Å². The molecule has 0 N–H and O–H groups in total. The van der Waals surface area contributed by atoms with E-state index < -0.39 is 11.9 Å². The second-order valence-corrected chi connectivity index (χ2v) is 8.54. The summed E-state index contributed by atoms with van der Waals surface area (Å²) in [6.45, 7) is 0.290. The molecule has 0 aliphatic rings. The van der Waals surface area contributed by atoms with Gasteiger partial charge in [0.2, 0.25) is 0 Å². The first-order valence-electron chi connectivity index (χ1n) is 10.8. The van der Waals surface area contributed by atoms with Crippen molar-refractivity contribution in [2.45, 2.75) is 23.0 Å². The van der Waals surface area contributed by atoms with Crippen molar-refractivity contribution in [3.05, 3.63) is 119 Å². The number of hydrogen-bond acceptors (Lipinski definition) is 7. The molecule has 0 aliphatic heterocycles. The zero-order chi connectivity index (χ0) is 24.6. The molecule has 0 aromatic heterocycles. The van der Waals surface area contributed by atoms with E-state index >= 15 is 0 Å². The molecule has 4 aromatic carbocycles. The average Bonchev–Trinajstić information content (AvgIpc) is 2.88. The van der Waals surface area contributed by atoms with Crippen LogP contribution in [0.15, 0.2) is 107 Å². The second kappa shape index (κ2) is 11.6. The fraction of sp³-hybridized carbons (Fsp3) is 0.0714. The standard InChI is InChI=1S/C28H22O5S2/c29-27(23-5-1-3-7-25(23)34)31-17-19-9-13-21(14-10-19)33-22-15-11-20(12-16-22)18-32-28(30)24-6-2-4-8-26(24)35/h1-16,34-35H,17-18H2. The molecule has 0 saturated carbocycles. The van der Waals surface area contributed by atoms with Gasteiger partial charge in [0.05, 0.1) is 11.1 Å². The van der Waals surface area contributed by atoms with Crippen LogP contribution in [0.25, 0.3) is 0 Å². The van der Waals surface area contributed by atoms with Crippen LogP contribution in [0.3, 0.4) is 0 Å². The van der Waals surface area contributed by atoms with Gasteiger partial charge >= 0.3 is 11.9 Å². The molecule has 35 heavy (non-hydrogen) atoms. The van der Waals surface area contributed by atoms with Crippen LogP contribution in [-0.2, 0) is 22.7 Å². The van der Waals surface area contributed by atoms with Gasteiger partial charge in [-0.3, -0.25) is 0 Å². The van der Waals surface area contributed by atoms with E-state index in [0.29, 0.717) is 32.4 Å². The molecule has 0 bridgehead atoms. The lowest BCUT2D eigenvalue weighted by Crippen LogP contribution is -2.06. The molecule has 4 rings (SSSR count). The zero-order valence-corrected chi connectivity index (χ0v) is 20.4. The van der Waals surface area contributed by atoms with Crippen molar-refractivity contribution in [3.63, 3.8) is 0 Å². The highest BCUT2D eigenvalue weighted by molar-refractivity contribution is 7.80. The van der Waals surface area contributed by atoms with E-state index in [-0.39, 0.29) is 13.2 Å². The first kappa shape index (κ1) is 24.4.